The van der Waals surface area contributed by atoms with Gasteiger partial charge in [0.15, 0.2) is 35.1 Å². The lowest BCUT2D eigenvalue weighted by atomic mass is 10.1. The first-order chi connectivity index (χ1) is 21.9. The second-order valence-electron chi connectivity index (χ2n) is 10.3. The van der Waals surface area contributed by atoms with E-state index in [-0.39, 0.29) is 34.1 Å². The average molecular weight is 688 g/mol. The molecule has 0 saturated carbocycles. The molecule has 4 aromatic heterocycles. The summed E-state index contributed by atoms with van der Waals surface area (Å²) in [4.78, 5) is 45.5. The highest BCUT2D eigenvalue weighted by atomic mass is 31.2. The third kappa shape index (κ3) is 5.29. The normalized spacial score (nSPS) is 37.1. The van der Waals surface area contributed by atoms with Gasteiger partial charge in [-0.15, -0.1) is 0 Å². The summed E-state index contributed by atoms with van der Waals surface area (Å²) in [5.74, 6) is -0.209. The zero-order chi connectivity index (χ0) is 32.5. The number of ether oxygens (including phenoxy) is 2. The SMILES string of the molecule is COP1(=O)OC[C@H]2O[C@@H](n3cnc4c(=O)[nH]c(N)nc43)[C@H](OP(=O)(O)OC[C@H]3O[C@@H](n4cnc5c(N)ncnc54)[C@H](O)[C@@H]3O1)[C@@H]2O. The Kier molecular flexibility index (Phi) is 7.70. The summed E-state index contributed by atoms with van der Waals surface area (Å²) in [6, 6.07) is 0. The van der Waals surface area contributed by atoms with Crippen LogP contribution in [0, 0.1) is 0 Å². The number of aromatic amines is 1. The minimum atomic E-state index is -5.09. The van der Waals surface area contributed by atoms with Crippen LogP contribution in [-0.2, 0) is 41.2 Å². The number of nitrogen functional groups attached to an aromatic ring is 2. The number of nitrogens with zero attached hydrogens (tertiary/aromatic N) is 7. The van der Waals surface area contributed by atoms with E-state index in [4.69, 9.17) is 43.6 Å². The zero-order valence-corrected chi connectivity index (χ0v) is 25.2. The van der Waals surface area contributed by atoms with Crippen molar-refractivity contribution in [2.24, 2.45) is 0 Å². The van der Waals surface area contributed by atoms with Crippen molar-refractivity contribution in [3.63, 3.8) is 0 Å². The van der Waals surface area contributed by atoms with Gasteiger partial charge in [0.2, 0.25) is 5.95 Å². The van der Waals surface area contributed by atoms with Gasteiger partial charge in [0, 0.05) is 7.11 Å². The Hall–Kier alpha value is -3.44. The second kappa shape index (κ2) is 11.4. The summed E-state index contributed by atoms with van der Waals surface area (Å²) in [7, 11) is -8.65. The van der Waals surface area contributed by atoms with Crippen molar-refractivity contribution in [3.8, 4) is 0 Å². The highest BCUT2D eigenvalue weighted by molar-refractivity contribution is 7.48. The molecule has 2 bridgehead atoms. The molecule has 3 saturated heterocycles. The number of aliphatic hydroxyl groups excluding tert-OH is 2. The first-order valence-electron chi connectivity index (χ1n) is 13.3. The molecule has 10 atom stereocenters. The van der Waals surface area contributed by atoms with Crippen molar-refractivity contribution in [1.29, 1.82) is 0 Å². The summed E-state index contributed by atoms with van der Waals surface area (Å²) in [6.07, 6.45) is -8.55. The molecule has 3 aliphatic heterocycles. The molecule has 0 spiro atoms. The number of fused-ring (bicyclic) bond motifs is 5. The van der Waals surface area contributed by atoms with Gasteiger partial charge < -0.3 is 36.0 Å². The van der Waals surface area contributed by atoms with Crippen molar-refractivity contribution in [3.05, 3.63) is 29.3 Å². The van der Waals surface area contributed by atoms with Gasteiger partial charge in [-0.25, -0.2) is 29.1 Å². The van der Waals surface area contributed by atoms with E-state index in [0.717, 1.165) is 18.0 Å². The molecule has 0 radical (unpaired) electrons. The lowest BCUT2D eigenvalue weighted by Crippen LogP contribution is -2.36. The van der Waals surface area contributed by atoms with E-state index >= 15 is 0 Å². The van der Waals surface area contributed by atoms with Crippen LogP contribution in [0.3, 0.4) is 0 Å². The van der Waals surface area contributed by atoms with E-state index in [1.807, 2.05) is 0 Å². The van der Waals surface area contributed by atoms with Gasteiger partial charge in [-0.1, -0.05) is 0 Å². The number of phosphoric ester groups is 2. The first kappa shape index (κ1) is 31.2. The third-order valence-corrected chi connectivity index (χ3v) is 9.94. The summed E-state index contributed by atoms with van der Waals surface area (Å²) >= 11 is 0. The van der Waals surface area contributed by atoms with Crippen LogP contribution in [0.5, 0.6) is 0 Å². The number of rotatable bonds is 3. The summed E-state index contributed by atoms with van der Waals surface area (Å²) < 4.78 is 67.9. The molecule has 248 valence electrons. The lowest BCUT2D eigenvalue weighted by Gasteiger charge is -2.26. The van der Waals surface area contributed by atoms with Crippen molar-refractivity contribution >= 4 is 49.7 Å². The van der Waals surface area contributed by atoms with Gasteiger partial charge >= 0.3 is 15.6 Å². The van der Waals surface area contributed by atoms with Gasteiger partial charge in [0.1, 0.15) is 48.5 Å². The fourth-order valence-corrected chi connectivity index (χ4v) is 7.46. The largest absolute Gasteiger partial charge is 0.475 e. The van der Waals surface area contributed by atoms with Gasteiger partial charge in [-0.2, -0.15) is 4.98 Å². The first-order valence-corrected chi connectivity index (χ1v) is 16.3. The monoisotopic (exact) mass is 688 g/mol. The molecule has 0 aliphatic carbocycles. The maximum atomic E-state index is 13.7. The Balaban J connectivity index is 1.22. The van der Waals surface area contributed by atoms with Gasteiger partial charge in [-0.3, -0.25) is 41.5 Å². The quantitative estimate of drug-likeness (QED) is 0.131. The number of hydrogen-bond acceptors (Lipinski definition) is 19. The van der Waals surface area contributed by atoms with E-state index in [9.17, 15) is 29.0 Å². The van der Waals surface area contributed by atoms with E-state index in [1.54, 1.807) is 0 Å². The molecule has 0 amide bonds. The van der Waals surface area contributed by atoms with Crippen molar-refractivity contribution in [2.45, 2.75) is 49.1 Å². The molecule has 4 aromatic rings. The molecule has 23 nitrogen and oxygen atoms in total. The number of phosphoric acid groups is 2. The summed E-state index contributed by atoms with van der Waals surface area (Å²) in [5, 5.41) is 22.4. The molecule has 2 unspecified atom stereocenters. The van der Waals surface area contributed by atoms with Crippen LogP contribution in [0.15, 0.2) is 23.8 Å². The van der Waals surface area contributed by atoms with Crippen LogP contribution >= 0.6 is 15.6 Å². The average Bonchev–Trinajstić information content (AvgIpc) is 3.77. The van der Waals surface area contributed by atoms with Crippen LogP contribution in [0.4, 0.5) is 11.8 Å². The second-order valence-corrected chi connectivity index (χ2v) is 13.4. The van der Waals surface area contributed by atoms with E-state index in [0.29, 0.717) is 0 Å². The Morgan fingerprint density at radius 1 is 0.913 bits per heavy atom. The van der Waals surface area contributed by atoms with Crippen LogP contribution < -0.4 is 17.0 Å². The highest BCUT2D eigenvalue weighted by Crippen LogP contribution is 2.55. The number of aromatic nitrogens is 8. The Morgan fingerprint density at radius 3 is 2.37 bits per heavy atom. The van der Waals surface area contributed by atoms with Crippen LogP contribution in [0.1, 0.15) is 12.5 Å². The predicted molar refractivity (Wildman–Crippen MR) is 148 cm³/mol. The number of nitrogens with one attached hydrogen (secondary N) is 1. The molecule has 0 aromatic carbocycles. The number of H-pyrrole nitrogens is 1. The molecule has 46 heavy (non-hydrogen) atoms. The smallest absolute Gasteiger partial charge is 0.387 e. The number of aliphatic hydroxyl groups is 2. The van der Waals surface area contributed by atoms with Crippen molar-refractivity contribution in [1.82, 2.24) is 39.0 Å². The van der Waals surface area contributed by atoms with E-state index < -0.39 is 83.5 Å². The van der Waals surface area contributed by atoms with E-state index in [2.05, 4.69) is 29.9 Å². The third-order valence-electron chi connectivity index (χ3n) is 7.54. The molecular formula is C21H26N10O13P2. The van der Waals surface area contributed by atoms with Crippen LogP contribution in [0.25, 0.3) is 22.3 Å². The number of hydrogen-bond donors (Lipinski definition) is 6. The predicted octanol–water partition coefficient (Wildman–Crippen LogP) is -1.69. The maximum absolute atomic E-state index is 13.7. The summed E-state index contributed by atoms with van der Waals surface area (Å²) in [6.45, 7) is -1.46. The summed E-state index contributed by atoms with van der Waals surface area (Å²) in [5.41, 5.74) is 11.0. The van der Waals surface area contributed by atoms with Crippen LogP contribution in [-0.4, -0.2) is 111 Å². The Labute approximate surface area is 255 Å². The van der Waals surface area contributed by atoms with Crippen molar-refractivity contribution in [2.75, 3.05) is 31.8 Å². The van der Waals surface area contributed by atoms with Crippen LogP contribution in [0.2, 0.25) is 0 Å². The molecule has 3 aliphatic rings. The Morgan fingerprint density at radius 2 is 1.61 bits per heavy atom. The highest BCUT2D eigenvalue weighted by Gasteiger charge is 2.54. The minimum absolute atomic E-state index is 0.0566. The van der Waals surface area contributed by atoms with Gasteiger partial charge in [0.25, 0.3) is 5.56 Å². The number of imidazole rings is 2. The topological polar surface area (TPSA) is 319 Å². The fraction of sp³-hybridized carbons (Fsp3) is 0.524. The van der Waals surface area contributed by atoms with Gasteiger partial charge in [-0.05, 0) is 0 Å². The zero-order valence-electron chi connectivity index (χ0n) is 23.4. The van der Waals surface area contributed by atoms with E-state index in [1.165, 1.54) is 17.2 Å². The van der Waals surface area contributed by atoms with Gasteiger partial charge in [0.05, 0.1) is 25.9 Å². The molecule has 8 N–H and O–H groups in total. The molecule has 3 fully saturated rings. The molecule has 7 rings (SSSR count). The fourth-order valence-electron chi connectivity index (χ4n) is 5.38. The van der Waals surface area contributed by atoms with Crippen molar-refractivity contribution < 1.29 is 56.3 Å². The number of anilines is 2. The Bertz CT molecular complexity index is 1950. The molecular weight excluding hydrogens is 662 g/mol. The maximum Gasteiger partial charge on any atom is 0.475 e. The molecule has 25 heteroatoms. The molecule has 7 heterocycles. The number of nitrogens with two attached hydrogens (primary N) is 2. The minimum Gasteiger partial charge on any atom is -0.387 e. The lowest BCUT2D eigenvalue weighted by molar-refractivity contribution is -0.0680. The standard InChI is InChI=1S/C21H26N10O13P2/c1-38-46(37)40-2-7-11(32)14(20(41-7)31-6-27-10-17(31)28-21(23)29-18(10)34)43-45(35,36)39-3-8-13(44-46)12(33)19(42-8)30-5-26-9-15(22)24-4-25-16(9)30/h4-8,11-14,19-20,32-33H,2-3H2,1H3,(H,35,36)(H2,22,24,25)(H3,23,28,29,34)/t7-,8-,11-,12-,13-,14-,19-,20-,46?/m1/s1.